The Morgan fingerprint density at radius 1 is 1.37 bits per heavy atom. The molecule has 1 aromatic carbocycles. The van der Waals surface area contributed by atoms with Crippen molar-refractivity contribution in [2.45, 2.75) is 19.4 Å². The van der Waals surface area contributed by atoms with Crippen LogP contribution in [0, 0.1) is 6.92 Å². The number of benzene rings is 1. The first-order chi connectivity index (χ1) is 9.22. The Hall–Kier alpha value is -2.36. The second kappa shape index (κ2) is 4.72. The van der Waals surface area contributed by atoms with Crippen molar-refractivity contribution < 1.29 is 4.79 Å². The van der Waals surface area contributed by atoms with E-state index in [1.165, 1.54) is 5.56 Å². The zero-order valence-electron chi connectivity index (χ0n) is 10.7. The van der Waals surface area contributed by atoms with Crippen LogP contribution in [0.15, 0.2) is 42.6 Å². The zero-order valence-corrected chi connectivity index (χ0v) is 10.7. The Labute approximate surface area is 111 Å². The molecule has 0 spiro atoms. The van der Waals surface area contributed by atoms with Crippen LogP contribution in [-0.2, 0) is 11.2 Å². The molecule has 0 aliphatic carbocycles. The lowest BCUT2D eigenvalue weighted by Gasteiger charge is -2.11. The maximum absolute atomic E-state index is 12.2. The van der Waals surface area contributed by atoms with Gasteiger partial charge in [-0.1, -0.05) is 18.2 Å². The molecule has 2 N–H and O–H groups in total. The van der Waals surface area contributed by atoms with Gasteiger partial charge < -0.3 is 10.6 Å². The number of anilines is 2. The fourth-order valence-electron chi connectivity index (χ4n) is 2.27. The van der Waals surface area contributed by atoms with Gasteiger partial charge in [0, 0.05) is 18.3 Å². The Balaban J connectivity index is 1.70. The maximum Gasteiger partial charge on any atom is 0.248 e. The van der Waals surface area contributed by atoms with Gasteiger partial charge in [-0.15, -0.1) is 0 Å². The molecule has 1 unspecified atom stereocenters. The Morgan fingerprint density at radius 2 is 2.21 bits per heavy atom. The molecule has 1 atom stereocenters. The number of carbonyl (C=O) groups is 1. The smallest absolute Gasteiger partial charge is 0.248 e. The zero-order chi connectivity index (χ0) is 13.2. The molecule has 4 heteroatoms. The van der Waals surface area contributed by atoms with E-state index in [-0.39, 0.29) is 11.9 Å². The molecule has 1 aliphatic heterocycles. The van der Waals surface area contributed by atoms with Gasteiger partial charge >= 0.3 is 0 Å². The minimum atomic E-state index is -0.222. The number of aryl methyl sites for hydroxylation is 1. The summed E-state index contributed by atoms with van der Waals surface area (Å²) in [6, 6.07) is 11.5. The van der Waals surface area contributed by atoms with Gasteiger partial charge in [0.15, 0.2) is 0 Å². The lowest BCUT2D eigenvalue weighted by molar-refractivity contribution is -0.116. The highest BCUT2D eigenvalue weighted by Gasteiger charge is 2.26. The molecular formula is C15H15N3O. The van der Waals surface area contributed by atoms with Gasteiger partial charge in [-0.25, -0.2) is 4.98 Å². The molecule has 96 valence electrons. The second-order valence-electron chi connectivity index (χ2n) is 4.77. The van der Waals surface area contributed by atoms with Crippen molar-refractivity contribution in [1.29, 1.82) is 0 Å². The normalized spacial score (nSPS) is 16.6. The van der Waals surface area contributed by atoms with E-state index in [4.69, 9.17) is 0 Å². The van der Waals surface area contributed by atoms with Gasteiger partial charge in [0.1, 0.15) is 11.9 Å². The van der Waals surface area contributed by atoms with Crippen molar-refractivity contribution >= 4 is 17.4 Å². The first kappa shape index (κ1) is 11.7. The summed E-state index contributed by atoms with van der Waals surface area (Å²) >= 11 is 0. The highest BCUT2D eigenvalue weighted by molar-refractivity contribution is 5.97. The number of fused-ring (bicyclic) bond motifs is 1. The summed E-state index contributed by atoms with van der Waals surface area (Å²) in [4.78, 5) is 16.3. The fraction of sp³-hybridized carbons (Fsp3) is 0.200. The number of amides is 1. The molecular weight excluding hydrogens is 238 g/mol. The van der Waals surface area contributed by atoms with Crippen molar-refractivity contribution in [1.82, 2.24) is 4.98 Å². The van der Waals surface area contributed by atoms with Crippen LogP contribution in [0.25, 0.3) is 0 Å². The van der Waals surface area contributed by atoms with Crippen molar-refractivity contribution in [2.24, 2.45) is 0 Å². The second-order valence-corrected chi connectivity index (χ2v) is 4.77. The lowest BCUT2D eigenvalue weighted by Crippen LogP contribution is -2.33. The predicted molar refractivity (Wildman–Crippen MR) is 75.2 cm³/mol. The van der Waals surface area contributed by atoms with Crippen molar-refractivity contribution in [3.8, 4) is 0 Å². The van der Waals surface area contributed by atoms with E-state index in [9.17, 15) is 4.79 Å². The molecule has 0 fully saturated rings. The van der Waals surface area contributed by atoms with Crippen LogP contribution in [0.4, 0.5) is 11.5 Å². The van der Waals surface area contributed by atoms with Crippen molar-refractivity contribution in [3.05, 3.63) is 53.7 Å². The van der Waals surface area contributed by atoms with Crippen molar-refractivity contribution in [3.63, 3.8) is 0 Å². The van der Waals surface area contributed by atoms with E-state index >= 15 is 0 Å². The molecule has 0 saturated carbocycles. The highest BCUT2D eigenvalue weighted by atomic mass is 16.2. The van der Waals surface area contributed by atoms with Gasteiger partial charge in [-0.2, -0.15) is 0 Å². The number of aromatic nitrogens is 1. The summed E-state index contributed by atoms with van der Waals surface area (Å²) in [6.45, 7) is 1.97. The average Bonchev–Trinajstić information content (AvgIpc) is 2.82. The standard InChI is InChI=1S/C15H15N3O/c1-10-6-7-16-14(8-10)18-15(19)13-9-11-4-2-3-5-12(11)17-13/h2-8,13,17H,9H2,1H3,(H,16,18,19). The highest BCUT2D eigenvalue weighted by Crippen LogP contribution is 2.25. The SMILES string of the molecule is Cc1ccnc(NC(=O)C2Cc3ccccc3N2)c1. The topological polar surface area (TPSA) is 54.0 Å². The summed E-state index contributed by atoms with van der Waals surface area (Å²) in [7, 11) is 0. The summed E-state index contributed by atoms with van der Waals surface area (Å²) in [5, 5.41) is 6.08. The van der Waals surface area contributed by atoms with Crippen LogP contribution < -0.4 is 10.6 Å². The van der Waals surface area contributed by atoms with E-state index in [1.54, 1.807) is 6.20 Å². The van der Waals surface area contributed by atoms with Gasteiger partial charge in [0.05, 0.1) is 0 Å². The van der Waals surface area contributed by atoms with Gasteiger partial charge in [-0.3, -0.25) is 4.79 Å². The van der Waals surface area contributed by atoms with Crippen LogP contribution in [0.1, 0.15) is 11.1 Å². The molecule has 1 aliphatic rings. The van der Waals surface area contributed by atoms with E-state index in [1.807, 2.05) is 43.3 Å². The summed E-state index contributed by atoms with van der Waals surface area (Å²) in [5.41, 5.74) is 3.30. The van der Waals surface area contributed by atoms with Gasteiger partial charge in [0.2, 0.25) is 5.91 Å². The largest absolute Gasteiger partial charge is 0.373 e. The summed E-state index contributed by atoms with van der Waals surface area (Å²) in [6.07, 6.45) is 2.41. The van der Waals surface area contributed by atoms with Crippen molar-refractivity contribution in [2.75, 3.05) is 10.6 Å². The monoisotopic (exact) mass is 253 g/mol. The Morgan fingerprint density at radius 3 is 3.00 bits per heavy atom. The van der Waals surface area contributed by atoms with Gasteiger partial charge in [-0.05, 0) is 36.2 Å². The molecule has 4 nitrogen and oxygen atoms in total. The van der Waals surface area contributed by atoms with Crippen LogP contribution in [-0.4, -0.2) is 16.9 Å². The third-order valence-corrected chi connectivity index (χ3v) is 3.25. The minimum absolute atomic E-state index is 0.0469. The lowest BCUT2D eigenvalue weighted by atomic mass is 10.1. The summed E-state index contributed by atoms with van der Waals surface area (Å²) < 4.78 is 0. The van der Waals surface area contributed by atoms with E-state index in [0.717, 1.165) is 11.3 Å². The third kappa shape index (κ3) is 2.42. The first-order valence-electron chi connectivity index (χ1n) is 6.30. The molecule has 19 heavy (non-hydrogen) atoms. The number of para-hydroxylation sites is 1. The van der Waals surface area contributed by atoms with Crippen LogP contribution in [0.5, 0.6) is 0 Å². The molecule has 0 bridgehead atoms. The molecule has 1 amide bonds. The molecule has 2 heterocycles. The maximum atomic E-state index is 12.2. The number of pyridine rings is 1. The van der Waals surface area contributed by atoms with Crippen LogP contribution >= 0.6 is 0 Å². The number of nitrogens with one attached hydrogen (secondary N) is 2. The first-order valence-corrected chi connectivity index (χ1v) is 6.30. The predicted octanol–water partition coefficient (Wildman–Crippen LogP) is 2.37. The quantitative estimate of drug-likeness (QED) is 0.864. The number of carbonyl (C=O) groups excluding carboxylic acids is 1. The third-order valence-electron chi connectivity index (χ3n) is 3.25. The van der Waals surface area contributed by atoms with E-state index in [0.29, 0.717) is 12.2 Å². The van der Waals surface area contributed by atoms with Gasteiger partial charge in [0.25, 0.3) is 0 Å². The average molecular weight is 253 g/mol. The number of nitrogens with zero attached hydrogens (tertiary/aromatic N) is 1. The number of hydrogen-bond donors (Lipinski definition) is 2. The van der Waals surface area contributed by atoms with E-state index < -0.39 is 0 Å². The number of hydrogen-bond acceptors (Lipinski definition) is 3. The molecule has 0 saturated heterocycles. The molecule has 0 radical (unpaired) electrons. The molecule has 2 aromatic rings. The minimum Gasteiger partial charge on any atom is -0.373 e. The number of rotatable bonds is 2. The Bertz CT molecular complexity index is 599. The van der Waals surface area contributed by atoms with Crippen LogP contribution in [0.3, 0.4) is 0 Å². The van der Waals surface area contributed by atoms with Crippen LogP contribution in [0.2, 0.25) is 0 Å². The Kier molecular flexibility index (Phi) is 2.91. The molecule has 1 aromatic heterocycles. The molecule has 3 rings (SSSR count). The summed E-state index contributed by atoms with van der Waals surface area (Å²) in [5.74, 6) is 0.553. The fourth-order valence-corrected chi connectivity index (χ4v) is 2.27. The van der Waals surface area contributed by atoms with E-state index in [2.05, 4.69) is 15.6 Å².